The molecule has 0 aliphatic rings. The fraction of sp³-hybridized carbons (Fsp3) is 0.833. The molecule has 0 heterocycles. The minimum atomic E-state index is -0.721. The van der Waals surface area contributed by atoms with Crippen molar-refractivity contribution in [2.75, 3.05) is 0 Å². The van der Waals surface area contributed by atoms with E-state index in [1.54, 1.807) is 6.92 Å². The molecule has 0 saturated carbocycles. The van der Waals surface area contributed by atoms with Gasteiger partial charge in [-0.25, -0.2) is 0 Å². The van der Waals surface area contributed by atoms with E-state index in [4.69, 9.17) is 5.11 Å². The maximum atomic E-state index is 10.2. The zero-order valence-corrected chi connectivity index (χ0v) is 7.18. The molecule has 0 saturated heterocycles. The molecule has 2 unspecified atom stereocenters. The van der Waals surface area contributed by atoms with E-state index < -0.39 is 5.97 Å². The Bertz CT molecular complexity index is 101. The van der Waals surface area contributed by atoms with Gasteiger partial charge in [0.15, 0.2) is 0 Å². The maximum Gasteiger partial charge on any atom is 0.306 e. The van der Waals surface area contributed by atoms with Crippen molar-refractivity contribution in [2.45, 2.75) is 25.1 Å². The molecule has 0 aromatic rings. The summed E-state index contributed by atoms with van der Waals surface area (Å²) in [4.78, 5) is 10.5. The highest BCUT2D eigenvalue weighted by Crippen LogP contribution is 2.11. The molecular formula is C6H11BrO2. The van der Waals surface area contributed by atoms with Crippen LogP contribution in [0.2, 0.25) is 0 Å². The van der Waals surface area contributed by atoms with Crippen molar-refractivity contribution >= 4 is 21.9 Å². The first kappa shape index (κ1) is 8.95. The van der Waals surface area contributed by atoms with Gasteiger partial charge in [0.25, 0.3) is 0 Å². The summed E-state index contributed by atoms with van der Waals surface area (Å²) in [6.45, 7) is 3.65. The molecule has 0 aliphatic heterocycles. The van der Waals surface area contributed by atoms with E-state index in [2.05, 4.69) is 15.9 Å². The van der Waals surface area contributed by atoms with Gasteiger partial charge in [-0.05, 0) is 6.42 Å². The van der Waals surface area contributed by atoms with Crippen LogP contribution in [-0.2, 0) is 4.79 Å². The number of aliphatic carboxylic acids is 1. The third-order valence-electron chi connectivity index (χ3n) is 1.10. The van der Waals surface area contributed by atoms with Crippen molar-refractivity contribution in [3.63, 3.8) is 0 Å². The van der Waals surface area contributed by atoms with Gasteiger partial charge in [0.05, 0.1) is 5.92 Å². The van der Waals surface area contributed by atoms with Crippen molar-refractivity contribution in [3.8, 4) is 0 Å². The molecule has 3 heteroatoms. The third kappa shape index (κ3) is 4.45. The number of carboxylic acids is 1. The first-order valence-electron chi connectivity index (χ1n) is 2.91. The monoisotopic (exact) mass is 194 g/mol. The molecule has 2 atom stereocenters. The normalized spacial score (nSPS) is 16.8. The Hall–Kier alpha value is -0.0500. The third-order valence-corrected chi connectivity index (χ3v) is 1.47. The number of hydrogen-bond acceptors (Lipinski definition) is 1. The first-order valence-corrected chi connectivity index (χ1v) is 3.82. The van der Waals surface area contributed by atoms with Crippen molar-refractivity contribution < 1.29 is 9.90 Å². The smallest absolute Gasteiger partial charge is 0.306 e. The lowest BCUT2D eigenvalue weighted by atomic mass is 10.1. The van der Waals surface area contributed by atoms with Crippen molar-refractivity contribution in [1.82, 2.24) is 0 Å². The van der Waals surface area contributed by atoms with Gasteiger partial charge in [0.1, 0.15) is 0 Å². The zero-order valence-electron chi connectivity index (χ0n) is 5.60. The maximum absolute atomic E-state index is 10.2. The second kappa shape index (κ2) is 3.88. The van der Waals surface area contributed by atoms with Crippen LogP contribution >= 0.6 is 15.9 Å². The van der Waals surface area contributed by atoms with Gasteiger partial charge >= 0.3 is 5.97 Å². The van der Waals surface area contributed by atoms with Crippen LogP contribution in [0, 0.1) is 5.92 Å². The summed E-state index contributed by atoms with van der Waals surface area (Å²) in [7, 11) is 0. The number of rotatable bonds is 3. The largest absolute Gasteiger partial charge is 0.481 e. The van der Waals surface area contributed by atoms with Gasteiger partial charge in [-0.15, -0.1) is 0 Å². The summed E-state index contributed by atoms with van der Waals surface area (Å²) in [5.74, 6) is -0.958. The minimum absolute atomic E-state index is 0.237. The highest BCUT2D eigenvalue weighted by molar-refractivity contribution is 9.09. The van der Waals surface area contributed by atoms with Crippen LogP contribution in [0.1, 0.15) is 20.3 Å². The van der Waals surface area contributed by atoms with Crippen molar-refractivity contribution in [3.05, 3.63) is 0 Å². The molecule has 0 aromatic carbocycles. The van der Waals surface area contributed by atoms with E-state index in [-0.39, 0.29) is 5.92 Å². The van der Waals surface area contributed by atoms with Gasteiger partial charge in [-0.1, -0.05) is 29.8 Å². The van der Waals surface area contributed by atoms with Crippen LogP contribution in [0.25, 0.3) is 0 Å². The predicted molar refractivity (Wildman–Crippen MR) is 39.8 cm³/mol. The minimum Gasteiger partial charge on any atom is -0.481 e. The average molecular weight is 195 g/mol. The molecule has 0 radical (unpaired) electrons. The fourth-order valence-electron chi connectivity index (χ4n) is 0.588. The number of halogens is 1. The second-order valence-electron chi connectivity index (χ2n) is 2.26. The van der Waals surface area contributed by atoms with E-state index in [9.17, 15) is 4.79 Å². The number of carbonyl (C=O) groups is 1. The van der Waals surface area contributed by atoms with E-state index in [0.717, 1.165) is 0 Å². The van der Waals surface area contributed by atoms with E-state index >= 15 is 0 Å². The Morgan fingerprint density at radius 2 is 2.11 bits per heavy atom. The summed E-state index contributed by atoms with van der Waals surface area (Å²) in [5, 5.41) is 8.41. The van der Waals surface area contributed by atoms with Crippen LogP contribution in [0.4, 0.5) is 0 Å². The van der Waals surface area contributed by atoms with Crippen LogP contribution in [0.15, 0.2) is 0 Å². The quantitative estimate of drug-likeness (QED) is 0.698. The molecule has 0 bridgehead atoms. The average Bonchev–Trinajstić information content (AvgIpc) is 1.63. The van der Waals surface area contributed by atoms with Crippen molar-refractivity contribution in [1.29, 1.82) is 0 Å². The Morgan fingerprint density at radius 3 is 2.22 bits per heavy atom. The van der Waals surface area contributed by atoms with Crippen molar-refractivity contribution in [2.24, 2.45) is 5.92 Å². The molecule has 1 N–H and O–H groups in total. The highest BCUT2D eigenvalue weighted by atomic mass is 79.9. The van der Waals surface area contributed by atoms with E-state index in [1.807, 2.05) is 6.92 Å². The van der Waals surface area contributed by atoms with Gasteiger partial charge < -0.3 is 5.11 Å². The first-order chi connectivity index (χ1) is 4.04. The Morgan fingerprint density at radius 1 is 1.67 bits per heavy atom. The number of carboxylic acid groups (broad SMARTS) is 1. The fourth-order valence-corrected chi connectivity index (χ4v) is 1.15. The Balaban J connectivity index is 3.50. The highest BCUT2D eigenvalue weighted by Gasteiger charge is 2.12. The summed E-state index contributed by atoms with van der Waals surface area (Å²) >= 11 is 3.28. The SMILES string of the molecule is CC(Br)CC(C)C(=O)O. The molecule has 0 aliphatic carbocycles. The van der Waals surface area contributed by atoms with E-state index in [0.29, 0.717) is 11.2 Å². The molecule has 2 nitrogen and oxygen atoms in total. The van der Waals surface area contributed by atoms with Crippen LogP contribution < -0.4 is 0 Å². The van der Waals surface area contributed by atoms with Gasteiger partial charge in [-0.3, -0.25) is 4.79 Å². The van der Waals surface area contributed by atoms with E-state index in [1.165, 1.54) is 0 Å². The molecule has 0 rings (SSSR count). The molecule has 0 fully saturated rings. The summed E-state index contributed by atoms with van der Waals surface area (Å²) in [6, 6.07) is 0. The predicted octanol–water partition coefficient (Wildman–Crippen LogP) is 1.88. The Kier molecular flexibility index (Phi) is 3.86. The molecule has 0 amide bonds. The number of hydrogen-bond donors (Lipinski definition) is 1. The lowest BCUT2D eigenvalue weighted by Gasteiger charge is -2.05. The van der Waals surface area contributed by atoms with Crippen LogP contribution in [0.3, 0.4) is 0 Å². The van der Waals surface area contributed by atoms with Gasteiger partial charge in [0.2, 0.25) is 0 Å². The Labute approximate surface area is 63.4 Å². The topological polar surface area (TPSA) is 37.3 Å². The second-order valence-corrected chi connectivity index (χ2v) is 3.82. The molecule has 0 spiro atoms. The molecular weight excluding hydrogens is 184 g/mol. The number of alkyl halides is 1. The van der Waals surface area contributed by atoms with Gasteiger partial charge in [0, 0.05) is 4.83 Å². The molecule has 0 aromatic heterocycles. The molecule has 9 heavy (non-hydrogen) atoms. The van der Waals surface area contributed by atoms with Crippen LogP contribution in [0.5, 0.6) is 0 Å². The standard InChI is InChI=1S/C6H11BrO2/c1-4(6(8)9)3-5(2)7/h4-5H,3H2,1-2H3,(H,8,9). The summed E-state index contributed by atoms with van der Waals surface area (Å²) in [6.07, 6.45) is 0.690. The van der Waals surface area contributed by atoms with Gasteiger partial charge in [-0.2, -0.15) is 0 Å². The molecule has 54 valence electrons. The lowest BCUT2D eigenvalue weighted by Crippen LogP contribution is -2.12. The summed E-state index contributed by atoms with van der Waals surface area (Å²) in [5.41, 5.74) is 0. The lowest BCUT2D eigenvalue weighted by molar-refractivity contribution is -0.141. The van der Waals surface area contributed by atoms with Crippen LogP contribution in [-0.4, -0.2) is 15.9 Å². The summed E-state index contributed by atoms with van der Waals surface area (Å²) < 4.78 is 0. The zero-order chi connectivity index (χ0) is 7.44.